The van der Waals surface area contributed by atoms with E-state index in [4.69, 9.17) is 21.1 Å². The molecule has 0 unspecified atom stereocenters. The molecule has 132 valence electrons. The van der Waals surface area contributed by atoms with Gasteiger partial charge in [-0.25, -0.2) is 4.79 Å². The van der Waals surface area contributed by atoms with Crippen LogP contribution in [0.15, 0.2) is 24.3 Å². The van der Waals surface area contributed by atoms with Crippen molar-refractivity contribution in [3.05, 3.63) is 29.3 Å². The van der Waals surface area contributed by atoms with Crippen LogP contribution in [0.1, 0.15) is 57.8 Å². The molecule has 0 spiro atoms. The quantitative estimate of drug-likeness (QED) is 0.667. The van der Waals surface area contributed by atoms with Crippen LogP contribution in [0.3, 0.4) is 0 Å². The first-order valence-corrected chi connectivity index (χ1v) is 9.68. The second kappa shape index (κ2) is 8.75. The fourth-order valence-corrected chi connectivity index (χ4v) is 4.47. The average Bonchev–Trinajstić information content (AvgIpc) is 2.62. The molecule has 3 nitrogen and oxygen atoms in total. The van der Waals surface area contributed by atoms with Crippen molar-refractivity contribution in [2.24, 2.45) is 11.8 Å². The van der Waals surface area contributed by atoms with Crippen LogP contribution in [-0.4, -0.2) is 18.7 Å². The maximum absolute atomic E-state index is 12.2. The largest absolute Gasteiger partial charge is 0.480 e. The van der Waals surface area contributed by atoms with Crippen LogP contribution in [0, 0.1) is 11.8 Å². The summed E-state index contributed by atoms with van der Waals surface area (Å²) in [6.07, 6.45) is 11.3. The van der Waals surface area contributed by atoms with Gasteiger partial charge in [0.05, 0.1) is 5.02 Å². The van der Waals surface area contributed by atoms with Gasteiger partial charge < -0.3 is 9.47 Å². The van der Waals surface area contributed by atoms with Gasteiger partial charge in [-0.2, -0.15) is 0 Å². The van der Waals surface area contributed by atoms with E-state index in [0.717, 1.165) is 18.8 Å². The van der Waals surface area contributed by atoms with Gasteiger partial charge in [0, 0.05) is 0 Å². The molecule has 4 heteroatoms. The van der Waals surface area contributed by atoms with E-state index in [1.54, 1.807) is 12.1 Å². The minimum absolute atomic E-state index is 0.0718. The van der Waals surface area contributed by atoms with E-state index in [-0.39, 0.29) is 18.7 Å². The zero-order valence-corrected chi connectivity index (χ0v) is 15.0. The van der Waals surface area contributed by atoms with Gasteiger partial charge >= 0.3 is 5.97 Å². The predicted octanol–water partition coefficient (Wildman–Crippen LogP) is 5.40. The number of hydrogen-bond donors (Lipinski definition) is 0. The van der Waals surface area contributed by atoms with Gasteiger partial charge in [-0.3, -0.25) is 0 Å². The van der Waals surface area contributed by atoms with Crippen LogP contribution >= 0.6 is 11.6 Å². The summed E-state index contributed by atoms with van der Waals surface area (Å²) in [5.41, 5.74) is 0. The third-order valence-electron chi connectivity index (χ3n) is 5.47. The van der Waals surface area contributed by atoms with Crippen molar-refractivity contribution < 1.29 is 14.3 Å². The Morgan fingerprint density at radius 3 is 2.50 bits per heavy atom. The number of ether oxygens (including phenoxy) is 2. The lowest BCUT2D eigenvalue weighted by Crippen LogP contribution is -2.36. The number of rotatable bonds is 5. The number of halogens is 1. The second-order valence-corrected chi connectivity index (χ2v) is 7.50. The monoisotopic (exact) mass is 350 g/mol. The molecule has 0 N–H and O–H groups in total. The van der Waals surface area contributed by atoms with Crippen LogP contribution in [0.2, 0.25) is 5.02 Å². The fourth-order valence-electron chi connectivity index (χ4n) is 4.27. The molecule has 0 amide bonds. The van der Waals surface area contributed by atoms with Gasteiger partial charge in [0.2, 0.25) is 0 Å². The molecule has 1 aromatic rings. The van der Waals surface area contributed by atoms with E-state index >= 15 is 0 Å². The highest BCUT2D eigenvalue weighted by Gasteiger charge is 2.34. The number of para-hydroxylation sites is 1. The molecule has 2 aliphatic carbocycles. The molecule has 0 heterocycles. The maximum atomic E-state index is 12.2. The molecule has 2 saturated carbocycles. The number of esters is 1. The lowest BCUT2D eigenvalue weighted by molar-refractivity contribution is -0.157. The summed E-state index contributed by atoms with van der Waals surface area (Å²) < 4.78 is 11.3. The minimum atomic E-state index is -0.275. The van der Waals surface area contributed by atoms with Crippen molar-refractivity contribution in [2.75, 3.05) is 6.61 Å². The number of carbonyl (C=O) groups is 1. The highest BCUT2D eigenvalue weighted by Crippen LogP contribution is 2.39. The summed E-state index contributed by atoms with van der Waals surface area (Å²) in [6.45, 7) is -0.0718. The third kappa shape index (κ3) is 4.66. The molecule has 1 aromatic carbocycles. The summed E-state index contributed by atoms with van der Waals surface area (Å²) in [4.78, 5) is 12.2. The Labute approximate surface area is 149 Å². The van der Waals surface area contributed by atoms with E-state index in [1.165, 1.54) is 44.9 Å². The molecule has 0 aliphatic heterocycles. The smallest absolute Gasteiger partial charge is 0.344 e. The molecule has 2 aliphatic rings. The fraction of sp³-hybridized carbons (Fsp3) is 0.650. The molecule has 2 fully saturated rings. The molecule has 0 radical (unpaired) electrons. The van der Waals surface area contributed by atoms with E-state index in [1.807, 2.05) is 12.1 Å². The van der Waals surface area contributed by atoms with Gasteiger partial charge in [0.25, 0.3) is 0 Å². The SMILES string of the molecule is O=C(COc1ccccc1Cl)O[C@@H]1CCCC[C@H]1C1CCCCC1. The van der Waals surface area contributed by atoms with E-state index < -0.39 is 0 Å². The zero-order chi connectivity index (χ0) is 16.8. The van der Waals surface area contributed by atoms with Crippen LogP contribution < -0.4 is 4.74 Å². The molecule has 0 saturated heterocycles. The van der Waals surface area contributed by atoms with Crippen molar-refractivity contribution in [3.63, 3.8) is 0 Å². The Hall–Kier alpha value is -1.22. The molecule has 2 atom stereocenters. The predicted molar refractivity (Wildman–Crippen MR) is 95.4 cm³/mol. The van der Waals surface area contributed by atoms with E-state index in [2.05, 4.69) is 0 Å². The van der Waals surface area contributed by atoms with Crippen molar-refractivity contribution in [1.82, 2.24) is 0 Å². The van der Waals surface area contributed by atoms with Crippen molar-refractivity contribution in [3.8, 4) is 5.75 Å². The molecule has 24 heavy (non-hydrogen) atoms. The number of benzene rings is 1. The first-order valence-electron chi connectivity index (χ1n) is 9.31. The number of hydrogen-bond acceptors (Lipinski definition) is 3. The van der Waals surface area contributed by atoms with Crippen LogP contribution in [0.25, 0.3) is 0 Å². The van der Waals surface area contributed by atoms with E-state index in [0.29, 0.717) is 16.7 Å². The van der Waals surface area contributed by atoms with Crippen LogP contribution in [0.4, 0.5) is 0 Å². The topological polar surface area (TPSA) is 35.5 Å². The van der Waals surface area contributed by atoms with Gasteiger partial charge in [-0.05, 0) is 43.2 Å². The Balaban J connectivity index is 1.52. The maximum Gasteiger partial charge on any atom is 0.344 e. The summed E-state index contributed by atoms with van der Waals surface area (Å²) in [6, 6.07) is 7.20. The van der Waals surface area contributed by atoms with Crippen molar-refractivity contribution in [2.45, 2.75) is 63.9 Å². The Morgan fingerprint density at radius 2 is 1.71 bits per heavy atom. The molecular formula is C20H27ClO3. The van der Waals surface area contributed by atoms with Crippen molar-refractivity contribution >= 4 is 17.6 Å². The van der Waals surface area contributed by atoms with Crippen LogP contribution in [0.5, 0.6) is 5.75 Å². The first kappa shape index (κ1) is 17.6. The lowest BCUT2D eigenvalue weighted by atomic mass is 9.72. The third-order valence-corrected chi connectivity index (χ3v) is 5.79. The number of carbonyl (C=O) groups excluding carboxylic acids is 1. The average molecular weight is 351 g/mol. The van der Waals surface area contributed by atoms with Gasteiger partial charge in [0.1, 0.15) is 11.9 Å². The van der Waals surface area contributed by atoms with Crippen LogP contribution in [-0.2, 0) is 9.53 Å². The zero-order valence-electron chi connectivity index (χ0n) is 14.2. The van der Waals surface area contributed by atoms with Gasteiger partial charge in [0.15, 0.2) is 6.61 Å². The van der Waals surface area contributed by atoms with Gasteiger partial charge in [-0.1, -0.05) is 62.3 Å². The molecule has 0 bridgehead atoms. The Bertz CT molecular complexity index is 539. The Morgan fingerprint density at radius 1 is 1.00 bits per heavy atom. The lowest BCUT2D eigenvalue weighted by Gasteiger charge is -2.38. The Kier molecular flexibility index (Phi) is 6.42. The second-order valence-electron chi connectivity index (χ2n) is 7.09. The highest BCUT2D eigenvalue weighted by molar-refractivity contribution is 6.32. The summed E-state index contributed by atoms with van der Waals surface area (Å²) in [5.74, 6) is 1.54. The molecular weight excluding hydrogens is 324 g/mol. The normalized spacial score (nSPS) is 25.2. The van der Waals surface area contributed by atoms with Gasteiger partial charge in [-0.15, -0.1) is 0 Å². The first-order chi connectivity index (χ1) is 11.7. The molecule has 0 aromatic heterocycles. The summed E-state index contributed by atoms with van der Waals surface area (Å²) in [5, 5.41) is 0.517. The summed E-state index contributed by atoms with van der Waals surface area (Å²) in [7, 11) is 0. The summed E-state index contributed by atoms with van der Waals surface area (Å²) >= 11 is 6.05. The van der Waals surface area contributed by atoms with Crippen molar-refractivity contribution in [1.29, 1.82) is 0 Å². The standard InChI is InChI=1S/C20H27ClO3/c21-17-11-5-7-13-19(17)23-14-20(22)24-18-12-6-4-10-16(18)15-8-2-1-3-9-15/h5,7,11,13,15-16,18H,1-4,6,8-10,12,14H2/t16-,18+/m0/s1. The minimum Gasteiger partial charge on any atom is -0.480 e. The highest BCUT2D eigenvalue weighted by atomic mass is 35.5. The molecule has 3 rings (SSSR count). The van der Waals surface area contributed by atoms with E-state index in [9.17, 15) is 4.79 Å².